The van der Waals surface area contributed by atoms with Crippen LogP contribution in [-0.2, 0) is 4.74 Å². The van der Waals surface area contributed by atoms with Gasteiger partial charge in [-0.05, 0) is 82.1 Å². The average molecular weight is 529 g/mol. The molecule has 206 valence electrons. The SMILES string of the molecule is C[C@@H]1O[C@H](C)[C@H]2C[C@@H](n3c(=O)c(-c4ccc[nH]c4=O)nc4ccccc43)C[C@@H]1N2[C@@H]1C[C@@H]2CCCC[C@@H](C2)C1. The summed E-state index contributed by atoms with van der Waals surface area (Å²) in [6.45, 7) is 4.45. The summed E-state index contributed by atoms with van der Waals surface area (Å²) in [6, 6.07) is 12.5. The van der Waals surface area contributed by atoms with Crippen LogP contribution in [0.15, 0.2) is 52.2 Å². The highest BCUT2D eigenvalue weighted by atomic mass is 16.5. The Bertz CT molecular complexity index is 1450. The highest BCUT2D eigenvalue weighted by molar-refractivity contribution is 5.77. The normalized spacial score (nSPS) is 35.0. The molecule has 0 amide bonds. The van der Waals surface area contributed by atoms with E-state index in [-0.39, 0.29) is 47.1 Å². The minimum Gasteiger partial charge on any atom is -0.372 e. The quantitative estimate of drug-likeness (QED) is 0.500. The van der Waals surface area contributed by atoms with Crippen LogP contribution >= 0.6 is 0 Å². The van der Waals surface area contributed by atoms with Crippen LogP contribution in [0.4, 0.5) is 0 Å². The number of hydrogen-bond acceptors (Lipinski definition) is 5. The highest BCUT2D eigenvalue weighted by Crippen LogP contribution is 2.47. The molecule has 0 radical (unpaired) electrons. The third kappa shape index (κ3) is 4.38. The molecule has 2 aromatic heterocycles. The van der Waals surface area contributed by atoms with Gasteiger partial charge in [0.1, 0.15) is 5.69 Å². The molecule has 4 bridgehead atoms. The number of piperidine rings is 1. The van der Waals surface area contributed by atoms with Gasteiger partial charge >= 0.3 is 0 Å². The summed E-state index contributed by atoms with van der Waals surface area (Å²) in [6.07, 6.45) is 13.2. The molecule has 2 aliphatic heterocycles. The zero-order valence-electron chi connectivity index (χ0n) is 23.1. The van der Waals surface area contributed by atoms with Crippen LogP contribution in [0.2, 0.25) is 0 Å². The van der Waals surface area contributed by atoms with Crippen LogP contribution in [0.3, 0.4) is 0 Å². The van der Waals surface area contributed by atoms with Crippen molar-refractivity contribution in [2.75, 3.05) is 0 Å². The molecule has 2 aliphatic carbocycles. The zero-order valence-corrected chi connectivity index (χ0v) is 23.1. The number of para-hydroxylation sites is 2. The molecule has 4 aliphatic rings. The molecule has 7 nitrogen and oxygen atoms in total. The lowest BCUT2D eigenvalue weighted by atomic mass is 9.74. The van der Waals surface area contributed by atoms with Crippen molar-refractivity contribution in [1.82, 2.24) is 19.4 Å². The third-order valence-corrected chi connectivity index (χ3v) is 10.3. The third-order valence-electron chi connectivity index (χ3n) is 10.3. The smallest absolute Gasteiger partial charge is 0.278 e. The number of aromatic nitrogens is 3. The minimum absolute atomic E-state index is 0.0258. The van der Waals surface area contributed by atoms with Gasteiger partial charge in [-0.2, -0.15) is 0 Å². The van der Waals surface area contributed by atoms with Crippen molar-refractivity contribution in [1.29, 1.82) is 0 Å². The van der Waals surface area contributed by atoms with Gasteiger partial charge in [0.25, 0.3) is 11.1 Å². The van der Waals surface area contributed by atoms with Gasteiger partial charge in [0.2, 0.25) is 0 Å². The number of rotatable bonds is 3. The van der Waals surface area contributed by atoms with Crippen molar-refractivity contribution >= 4 is 11.0 Å². The van der Waals surface area contributed by atoms with Gasteiger partial charge in [-0.3, -0.25) is 14.5 Å². The first-order valence-corrected chi connectivity index (χ1v) is 15.1. The lowest BCUT2D eigenvalue weighted by Gasteiger charge is -2.58. The summed E-state index contributed by atoms with van der Waals surface area (Å²) in [7, 11) is 0. The van der Waals surface area contributed by atoms with E-state index in [1.165, 1.54) is 44.9 Å². The van der Waals surface area contributed by atoms with Crippen LogP contribution in [0.5, 0.6) is 0 Å². The first-order valence-electron chi connectivity index (χ1n) is 15.1. The average Bonchev–Trinajstić information content (AvgIpc) is 3.10. The molecule has 1 aromatic carbocycles. The van der Waals surface area contributed by atoms with E-state index in [0.29, 0.717) is 11.6 Å². The number of nitrogens with zero attached hydrogens (tertiary/aromatic N) is 3. The molecule has 8 atom stereocenters. The van der Waals surface area contributed by atoms with Gasteiger partial charge in [-0.1, -0.05) is 37.8 Å². The molecule has 2 saturated heterocycles. The maximum absolute atomic E-state index is 14.2. The number of pyridine rings is 1. The number of ether oxygens (including phenoxy) is 1. The fraction of sp³-hybridized carbons (Fsp3) is 0.594. The zero-order chi connectivity index (χ0) is 26.7. The van der Waals surface area contributed by atoms with Gasteiger partial charge in [0, 0.05) is 30.4 Å². The molecule has 4 heterocycles. The van der Waals surface area contributed by atoms with Crippen LogP contribution in [-0.4, -0.2) is 49.8 Å². The molecule has 39 heavy (non-hydrogen) atoms. The van der Waals surface area contributed by atoms with E-state index in [0.717, 1.165) is 35.7 Å². The van der Waals surface area contributed by atoms with E-state index < -0.39 is 0 Å². The van der Waals surface area contributed by atoms with Crippen LogP contribution in [0.1, 0.15) is 77.7 Å². The number of H-pyrrole nitrogens is 1. The molecule has 4 fully saturated rings. The van der Waals surface area contributed by atoms with Crippen molar-refractivity contribution in [2.24, 2.45) is 11.8 Å². The predicted octanol–water partition coefficient (Wildman–Crippen LogP) is 5.29. The Balaban J connectivity index is 1.30. The Morgan fingerprint density at radius 3 is 2.23 bits per heavy atom. The molecule has 2 saturated carbocycles. The molecule has 3 aromatic rings. The maximum atomic E-state index is 14.2. The van der Waals surface area contributed by atoms with Crippen LogP contribution in [0, 0.1) is 11.8 Å². The monoisotopic (exact) mass is 528 g/mol. The summed E-state index contributed by atoms with van der Waals surface area (Å²) < 4.78 is 8.48. The lowest BCUT2D eigenvalue weighted by Crippen LogP contribution is -2.66. The minimum atomic E-state index is -0.287. The standard InChI is InChI=1S/C32H40N4O3/c1-19-28-17-24(18-29(20(2)39-19)35(28)23-15-21-8-3-4-9-22(14-21)16-23)36-27-12-6-5-11-26(27)34-30(32(36)38)25-10-7-13-33-31(25)37/h5-7,10-13,19-24,28-29H,3-4,8-9,14-18H2,1-2H3,(H,33,37)/t19-,20+,21-,22+,23-,24-,28-,29+. The van der Waals surface area contributed by atoms with E-state index in [2.05, 4.69) is 23.7 Å². The Morgan fingerprint density at radius 2 is 1.54 bits per heavy atom. The first kappa shape index (κ1) is 25.2. The summed E-state index contributed by atoms with van der Waals surface area (Å²) >= 11 is 0. The Morgan fingerprint density at radius 1 is 0.846 bits per heavy atom. The summed E-state index contributed by atoms with van der Waals surface area (Å²) in [5.74, 6) is 1.72. The van der Waals surface area contributed by atoms with E-state index >= 15 is 0 Å². The van der Waals surface area contributed by atoms with E-state index in [9.17, 15) is 9.59 Å². The largest absolute Gasteiger partial charge is 0.372 e. The Kier molecular flexibility index (Phi) is 6.47. The molecular weight excluding hydrogens is 488 g/mol. The Hall–Kier alpha value is -2.77. The Labute approximate surface area is 229 Å². The van der Waals surface area contributed by atoms with Crippen LogP contribution < -0.4 is 11.1 Å². The van der Waals surface area contributed by atoms with E-state index in [1.54, 1.807) is 18.3 Å². The van der Waals surface area contributed by atoms with E-state index in [4.69, 9.17) is 9.72 Å². The number of morpholine rings is 1. The van der Waals surface area contributed by atoms with Crippen molar-refractivity contribution in [2.45, 2.75) is 108 Å². The first-order chi connectivity index (χ1) is 19.0. The number of nitrogens with one attached hydrogen (secondary N) is 1. The lowest BCUT2D eigenvalue weighted by molar-refractivity contribution is -0.184. The van der Waals surface area contributed by atoms with Crippen molar-refractivity contribution in [3.63, 3.8) is 0 Å². The maximum Gasteiger partial charge on any atom is 0.278 e. The highest BCUT2D eigenvalue weighted by Gasteiger charge is 2.50. The van der Waals surface area contributed by atoms with Crippen molar-refractivity contribution < 1.29 is 4.74 Å². The van der Waals surface area contributed by atoms with Gasteiger partial charge in [-0.25, -0.2) is 4.98 Å². The summed E-state index contributed by atoms with van der Waals surface area (Å²) in [5.41, 5.74) is 1.69. The number of benzene rings is 1. The molecule has 7 heteroatoms. The molecule has 7 rings (SSSR count). The van der Waals surface area contributed by atoms with Gasteiger partial charge in [0.05, 0.1) is 28.8 Å². The summed E-state index contributed by atoms with van der Waals surface area (Å²) in [4.78, 5) is 37.1. The molecule has 0 spiro atoms. The fourth-order valence-electron chi connectivity index (χ4n) is 8.69. The second kappa shape index (κ2) is 10.0. The number of aromatic amines is 1. The number of hydrogen-bond donors (Lipinski definition) is 1. The number of fused-ring (bicyclic) bond motifs is 5. The second-order valence-electron chi connectivity index (χ2n) is 12.7. The summed E-state index contributed by atoms with van der Waals surface area (Å²) in [5, 5.41) is 0. The van der Waals surface area contributed by atoms with Gasteiger partial charge in [-0.15, -0.1) is 0 Å². The predicted molar refractivity (Wildman–Crippen MR) is 153 cm³/mol. The van der Waals surface area contributed by atoms with Crippen molar-refractivity contribution in [3.05, 3.63) is 63.3 Å². The second-order valence-corrected chi connectivity index (χ2v) is 12.7. The van der Waals surface area contributed by atoms with Crippen molar-refractivity contribution in [3.8, 4) is 11.3 Å². The van der Waals surface area contributed by atoms with Gasteiger partial charge in [0.15, 0.2) is 0 Å². The van der Waals surface area contributed by atoms with Crippen LogP contribution in [0.25, 0.3) is 22.3 Å². The molecule has 1 N–H and O–H groups in total. The fourth-order valence-corrected chi connectivity index (χ4v) is 8.69. The molecular formula is C32H40N4O3. The molecule has 0 unspecified atom stereocenters. The van der Waals surface area contributed by atoms with Gasteiger partial charge < -0.3 is 14.3 Å². The van der Waals surface area contributed by atoms with E-state index in [1.807, 2.05) is 28.8 Å². The topological polar surface area (TPSA) is 80.2 Å².